The van der Waals surface area contributed by atoms with E-state index in [4.69, 9.17) is 39.5 Å². The highest BCUT2D eigenvalue weighted by atomic mass is 35.5. The Balaban J connectivity index is 1.35. The predicted molar refractivity (Wildman–Crippen MR) is 120 cm³/mol. The lowest BCUT2D eigenvalue weighted by Crippen LogP contribution is -2.15. The Morgan fingerprint density at radius 1 is 0.903 bits per heavy atom. The van der Waals surface area contributed by atoms with Gasteiger partial charge in [0, 0.05) is 39.1 Å². The predicted octanol–water partition coefficient (Wildman–Crippen LogP) is 5.38. The molecule has 0 bridgehead atoms. The van der Waals surface area contributed by atoms with Crippen LogP contribution in [0.1, 0.15) is 16.1 Å². The van der Waals surface area contributed by atoms with Gasteiger partial charge in [0.25, 0.3) is 5.91 Å². The lowest BCUT2D eigenvalue weighted by atomic mass is 10.2. The summed E-state index contributed by atoms with van der Waals surface area (Å²) in [6, 6.07) is 15.6. The topological polar surface area (TPSA) is 74.0 Å². The number of hydrogen-bond acceptors (Lipinski definition) is 4. The minimum Gasteiger partial charge on any atom is -0.471 e. The number of ether oxygens (including phenoxy) is 1. The molecule has 0 saturated carbocycles. The van der Waals surface area contributed by atoms with Crippen LogP contribution in [-0.4, -0.2) is 25.5 Å². The molecule has 0 aliphatic rings. The summed E-state index contributed by atoms with van der Waals surface area (Å²) in [6.45, 7) is 0.535. The van der Waals surface area contributed by atoms with Gasteiger partial charge in [-0.3, -0.25) is 9.48 Å². The van der Waals surface area contributed by atoms with Crippen molar-refractivity contribution >= 4 is 46.5 Å². The Bertz CT molecular complexity index is 1180. The van der Waals surface area contributed by atoms with Gasteiger partial charge in [-0.05, 0) is 42.5 Å². The van der Waals surface area contributed by atoms with E-state index in [0.29, 0.717) is 33.2 Å². The van der Waals surface area contributed by atoms with Gasteiger partial charge in [0.05, 0.1) is 6.54 Å². The number of carbonyl (C=O) groups is 1. The lowest BCUT2D eigenvalue weighted by molar-refractivity contribution is 0.101. The van der Waals surface area contributed by atoms with Crippen LogP contribution < -0.4 is 10.1 Å². The molecule has 0 radical (unpaired) electrons. The number of anilines is 1. The smallest absolute Gasteiger partial charge is 0.277 e. The number of benzene rings is 2. The first kappa shape index (κ1) is 21.2. The van der Waals surface area contributed by atoms with Crippen LogP contribution in [0.3, 0.4) is 0 Å². The number of hydrogen-bond donors (Lipinski definition) is 1. The number of halogens is 3. The van der Waals surface area contributed by atoms with Crippen LogP contribution >= 0.6 is 34.8 Å². The molecule has 2 aromatic heterocycles. The Hall–Kier alpha value is -3.00. The third-order valence-electron chi connectivity index (χ3n) is 4.31. The first-order valence-electron chi connectivity index (χ1n) is 9.17. The molecule has 7 nitrogen and oxygen atoms in total. The van der Waals surface area contributed by atoms with E-state index in [1.54, 1.807) is 71.7 Å². The van der Waals surface area contributed by atoms with E-state index < -0.39 is 0 Å². The molecule has 1 amide bonds. The number of carbonyl (C=O) groups excluding carboxylic acids is 1. The van der Waals surface area contributed by atoms with Gasteiger partial charge < -0.3 is 10.1 Å². The van der Waals surface area contributed by atoms with Gasteiger partial charge in [0.15, 0.2) is 18.2 Å². The molecule has 4 rings (SSSR count). The van der Waals surface area contributed by atoms with Gasteiger partial charge in [-0.15, -0.1) is 0 Å². The van der Waals surface area contributed by atoms with Gasteiger partial charge in [-0.25, -0.2) is 4.68 Å². The van der Waals surface area contributed by atoms with E-state index in [1.165, 1.54) is 4.68 Å². The Labute approximate surface area is 193 Å². The van der Waals surface area contributed by atoms with Crippen LogP contribution in [0, 0.1) is 0 Å². The van der Waals surface area contributed by atoms with Crippen molar-refractivity contribution < 1.29 is 9.53 Å². The zero-order valence-electron chi connectivity index (χ0n) is 16.0. The summed E-state index contributed by atoms with van der Waals surface area (Å²) >= 11 is 18.3. The molecule has 0 aliphatic heterocycles. The summed E-state index contributed by atoms with van der Waals surface area (Å²) < 4.78 is 8.77. The average molecular weight is 477 g/mol. The van der Waals surface area contributed by atoms with Gasteiger partial charge >= 0.3 is 0 Å². The maximum Gasteiger partial charge on any atom is 0.277 e. The quantitative estimate of drug-likeness (QED) is 0.389. The van der Waals surface area contributed by atoms with Crippen LogP contribution in [0.4, 0.5) is 5.82 Å². The highest BCUT2D eigenvalue weighted by Gasteiger charge is 2.13. The third-order valence-corrected chi connectivity index (χ3v) is 5.27. The maximum atomic E-state index is 12.5. The maximum absolute atomic E-state index is 12.5. The van der Waals surface area contributed by atoms with Crippen molar-refractivity contribution in [1.82, 2.24) is 19.6 Å². The molecule has 158 valence electrons. The number of amides is 1. The summed E-state index contributed by atoms with van der Waals surface area (Å²) in [5.41, 5.74) is 0.995. The summed E-state index contributed by atoms with van der Waals surface area (Å²) in [7, 11) is 0. The van der Waals surface area contributed by atoms with Crippen molar-refractivity contribution in [2.24, 2.45) is 0 Å². The third kappa shape index (κ3) is 5.38. The van der Waals surface area contributed by atoms with E-state index in [0.717, 1.165) is 5.56 Å². The molecule has 2 aromatic carbocycles. The van der Waals surface area contributed by atoms with Crippen molar-refractivity contribution in [1.29, 1.82) is 0 Å². The van der Waals surface area contributed by atoms with Crippen LogP contribution in [0.25, 0.3) is 0 Å². The first-order chi connectivity index (χ1) is 15.0. The van der Waals surface area contributed by atoms with Crippen molar-refractivity contribution in [3.63, 3.8) is 0 Å². The molecule has 4 aromatic rings. The van der Waals surface area contributed by atoms with Crippen molar-refractivity contribution in [3.8, 4) is 5.75 Å². The lowest BCUT2D eigenvalue weighted by Gasteiger charge is -2.07. The zero-order chi connectivity index (χ0) is 21.8. The van der Waals surface area contributed by atoms with Gasteiger partial charge in [-0.1, -0.05) is 40.9 Å². The molecular weight excluding hydrogens is 461 g/mol. The van der Waals surface area contributed by atoms with E-state index in [1.807, 2.05) is 0 Å². The second-order valence-corrected chi connectivity index (χ2v) is 7.77. The second-order valence-electron chi connectivity index (χ2n) is 6.52. The molecule has 0 spiro atoms. The fraction of sp³-hybridized carbons (Fsp3) is 0.0952. The van der Waals surface area contributed by atoms with Crippen molar-refractivity contribution in [3.05, 3.63) is 93.3 Å². The number of nitrogens with one attached hydrogen (secondary N) is 1. The largest absolute Gasteiger partial charge is 0.471 e. The first-order valence-corrected chi connectivity index (χ1v) is 10.3. The fourth-order valence-corrected chi connectivity index (χ4v) is 3.41. The Morgan fingerprint density at radius 3 is 2.35 bits per heavy atom. The molecule has 0 atom stereocenters. The molecule has 0 fully saturated rings. The zero-order valence-corrected chi connectivity index (χ0v) is 18.3. The molecule has 2 heterocycles. The number of aromatic nitrogens is 4. The highest BCUT2D eigenvalue weighted by Crippen LogP contribution is 2.25. The normalized spacial score (nSPS) is 10.8. The fourth-order valence-electron chi connectivity index (χ4n) is 2.77. The van der Waals surface area contributed by atoms with Crippen LogP contribution in [0.5, 0.6) is 5.75 Å². The molecule has 0 aliphatic carbocycles. The molecule has 0 saturated heterocycles. The second kappa shape index (κ2) is 9.43. The van der Waals surface area contributed by atoms with E-state index in [2.05, 4.69) is 15.5 Å². The van der Waals surface area contributed by atoms with Crippen LogP contribution in [0.15, 0.2) is 67.0 Å². The van der Waals surface area contributed by atoms with Crippen LogP contribution in [-0.2, 0) is 13.3 Å². The van der Waals surface area contributed by atoms with Crippen molar-refractivity contribution in [2.75, 3.05) is 5.32 Å². The summed E-state index contributed by atoms with van der Waals surface area (Å²) in [5.74, 6) is 0.654. The molecular formula is C21H16Cl3N5O2. The molecule has 10 heteroatoms. The standard InChI is InChI=1S/C21H16Cl3N5O2/c22-14-4-6-15(7-5-14)31-13-29-10-8-19(26-29)21(30)25-20-9-11-28(27-20)12-16-17(23)2-1-3-18(16)24/h1-11H,12-13H2,(H,25,27,30). The molecule has 0 unspecified atom stereocenters. The minimum absolute atomic E-state index is 0.155. The van der Waals surface area contributed by atoms with Gasteiger partial charge in [-0.2, -0.15) is 10.2 Å². The Morgan fingerprint density at radius 2 is 1.61 bits per heavy atom. The number of rotatable bonds is 7. The van der Waals surface area contributed by atoms with Crippen molar-refractivity contribution in [2.45, 2.75) is 13.3 Å². The average Bonchev–Trinajstić information content (AvgIpc) is 3.40. The van der Waals surface area contributed by atoms with Gasteiger partial charge in [0.2, 0.25) is 0 Å². The molecule has 31 heavy (non-hydrogen) atoms. The van der Waals surface area contributed by atoms with E-state index in [-0.39, 0.29) is 18.3 Å². The van der Waals surface area contributed by atoms with Crippen LogP contribution in [0.2, 0.25) is 15.1 Å². The molecule has 1 N–H and O–H groups in total. The monoisotopic (exact) mass is 475 g/mol. The highest BCUT2D eigenvalue weighted by molar-refractivity contribution is 6.36. The van der Waals surface area contributed by atoms with Gasteiger partial charge in [0.1, 0.15) is 5.75 Å². The minimum atomic E-state index is -0.383. The number of nitrogens with zero attached hydrogens (tertiary/aromatic N) is 4. The summed E-state index contributed by atoms with van der Waals surface area (Å²) in [4.78, 5) is 12.5. The van der Waals surface area contributed by atoms with E-state index >= 15 is 0 Å². The Kier molecular flexibility index (Phi) is 6.46. The summed E-state index contributed by atoms with van der Waals surface area (Å²) in [5, 5.41) is 13.0. The SMILES string of the molecule is O=C(Nc1ccn(Cc2c(Cl)cccc2Cl)n1)c1ccn(COc2ccc(Cl)cc2)n1. The van der Waals surface area contributed by atoms with E-state index in [9.17, 15) is 4.79 Å². The summed E-state index contributed by atoms with van der Waals surface area (Å²) in [6.07, 6.45) is 3.39.